The maximum atomic E-state index is 11.1. The molecule has 0 aliphatic carbocycles. The Morgan fingerprint density at radius 1 is 1.39 bits per heavy atom. The third kappa shape index (κ3) is 3.04. The molecule has 1 N–H and O–H groups in total. The van der Waals surface area contributed by atoms with E-state index in [4.69, 9.17) is 4.74 Å². The molecule has 0 amide bonds. The molecule has 5 nitrogen and oxygen atoms in total. The Kier molecular flexibility index (Phi) is 3.86. The van der Waals surface area contributed by atoms with Crippen LogP contribution in [0.25, 0.3) is 17.5 Å². The lowest BCUT2D eigenvalue weighted by atomic mass is 10.2. The number of H-pyrrole nitrogens is 1. The number of esters is 1. The number of nitrogens with zero attached hydrogens (tertiary/aromatic N) is 2. The van der Waals surface area contributed by atoms with Crippen LogP contribution in [0, 0.1) is 0 Å². The van der Waals surface area contributed by atoms with Crippen molar-refractivity contribution >= 4 is 12.0 Å². The van der Waals surface area contributed by atoms with Crippen molar-refractivity contribution in [2.45, 2.75) is 6.92 Å². The molecular formula is C13H13N3O2. The number of aromatic nitrogens is 3. The van der Waals surface area contributed by atoms with Gasteiger partial charge in [-0.05, 0) is 13.0 Å². The zero-order valence-electron chi connectivity index (χ0n) is 9.96. The van der Waals surface area contributed by atoms with E-state index < -0.39 is 5.97 Å². The van der Waals surface area contributed by atoms with Gasteiger partial charge in [-0.2, -0.15) is 5.10 Å². The summed E-state index contributed by atoms with van der Waals surface area (Å²) in [6, 6.07) is 9.60. The van der Waals surface area contributed by atoms with E-state index in [0.717, 1.165) is 5.56 Å². The smallest absolute Gasteiger partial charge is 0.330 e. The maximum absolute atomic E-state index is 11.1. The first-order chi connectivity index (χ1) is 8.79. The van der Waals surface area contributed by atoms with E-state index in [-0.39, 0.29) is 0 Å². The van der Waals surface area contributed by atoms with Crippen LogP contribution in [0.15, 0.2) is 36.4 Å². The number of nitrogens with one attached hydrogen (secondary N) is 1. The predicted molar refractivity (Wildman–Crippen MR) is 67.5 cm³/mol. The van der Waals surface area contributed by atoms with Crippen LogP contribution in [0.1, 0.15) is 12.7 Å². The molecule has 92 valence electrons. The lowest BCUT2D eigenvalue weighted by Crippen LogP contribution is -1.98. The van der Waals surface area contributed by atoms with E-state index in [1.54, 1.807) is 6.92 Å². The van der Waals surface area contributed by atoms with E-state index in [0.29, 0.717) is 18.3 Å². The number of benzene rings is 1. The van der Waals surface area contributed by atoms with Gasteiger partial charge in [-0.25, -0.2) is 9.78 Å². The first kappa shape index (κ1) is 12.0. The summed E-state index contributed by atoms with van der Waals surface area (Å²) < 4.78 is 4.77. The largest absolute Gasteiger partial charge is 0.463 e. The fourth-order valence-electron chi connectivity index (χ4n) is 1.40. The van der Waals surface area contributed by atoms with Gasteiger partial charge in [0.15, 0.2) is 5.82 Å². The van der Waals surface area contributed by atoms with Gasteiger partial charge < -0.3 is 4.74 Å². The minimum atomic E-state index is -0.393. The monoisotopic (exact) mass is 243 g/mol. The number of carbonyl (C=O) groups is 1. The van der Waals surface area contributed by atoms with Crippen LogP contribution in [0.3, 0.4) is 0 Å². The molecule has 0 fully saturated rings. The highest BCUT2D eigenvalue weighted by molar-refractivity contribution is 5.86. The highest BCUT2D eigenvalue weighted by atomic mass is 16.5. The molecule has 0 spiro atoms. The molecule has 0 aliphatic heterocycles. The molecule has 2 rings (SSSR count). The molecule has 2 aromatic rings. The number of hydrogen-bond donors (Lipinski definition) is 1. The number of hydrogen-bond acceptors (Lipinski definition) is 4. The number of ether oxygens (including phenoxy) is 1. The van der Waals surface area contributed by atoms with E-state index in [2.05, 4.69) is 15.2 Å². The van der Waals surface area contributed by atoms with Crippen LogP contribution in [0.4, 0.5) is 0 Å². The maximum Gasteiger partial charge on any atom is 0.330 e. The molecule has 0 atom stereocenters. The van der Waals surface area contributed by atoms with E-state index in [9.17, 15) is 4.79 Å². The Morgan fingerprint density at radius 3 is 2.89 bits per heavy atom. The lowest BCUT2D eigenvalue weighted by Gasteiger charge is -1.93. The van der Waals surface area contributed by atoms with Gasteiger partial charge in [-0.3, -0.25) is 5.10 Å². The lowest BCUT2D eigenvalue weighted by molar-refractivity contribution is -0.137. The molecule has 1 aromatic carbocycles. The van der Waals surface area contributed by atoms with Crippen molar-refractivity contribution in [1.29, 1.82) is 0 Å². The fraction of sp³-hybridized carbons (Fsp3) is 0.154. The van der Waals surface area contributed by atoms with Crippen molar-refractivity contribution in [3.63, 3.8) is 0 Å². The highest BCUT2D eigenvalue weighted by Gasteiger charge is 2.03. The highest BCUT2D eigenvalue weighted by Crippen LogP contribution is 2.13. The van der Waals surface area contributed by atoms with Crippen LogP contribution >= 0.6 is 0 Å². The number of aromatic amines is 1. The second-order valence-electron chi connectivity index (χ2n) is 3.50. The average Bonchev–Trinajstić information content (AvgIpc) is 2.87. The standard InChI is InChI=1S/C13H13N3O2/c1-2-18-12(17)9-8-11-14-13(16-15-11)10-6-4-3-5-7-10/h3-9H,2H2,1H3,(H,14,15,16)/b9-8+. The summed E-state index contributed by atoms with van der Waals surface area (Å²) in [5.74, 6) is 0.719. The molecule has 0 aliphatic rings. The molecule has 0 radical (unpaired) electrons. The van der Waals surface area contributed by atoms with Gasteiger partial charge in [0.1, 0.15) is 5.82 Å². The fourth-order valence-corrected chi connectivity index (χ4v) is 1.40. The molecular weight excluding hydrogens is 230 g/mol. The molecule has 5 heteroatoms. The number of carbonyl (C=O) groups excluding carboxylic acids is 1. The second-order valence-corrected chi connectivity index (χ2v) is 3.50. The Morgan fingerprint density at radius 2 is 2.17 bits per heavy atom. The van der Waals surface area contributed by atoms with Crippen molar-refractivity contribution < 1.29 is 9.53 Å². The molecule has 0 bridgehead atoms. The van der Waals surface area contributed by atoms with E-state index in [1.807, 2.05) is 30.3 Å². The van der Waals surface area contributed by atoms with Gasteiger partial charge in [-0.1, -0.05) is 30.3 Å². The first-order valence-corrected chi connectivity index (χ1v) is 5.62. The van der Waals surface area contributed by atoms with E-state index in [1.165, 1.54) is 12.2 Å². The topological polar surface area (TPSA) is 67.9 Å². The SMILES string of the molecule is CCOC(=O)/C=C/c1nc(-c2ccccc2)n[nH]1. The Hall–Kier alpha value is -2.43. The van der Waals surface area contributed by atoms with Crippen molar-refractivity contribution in [2.24, 2.45) is 0 Å². The summed E-state index contributed by atoms with van der Waals surface area (Å²) in [6.45, 7) is 2.11. The summed E-state index contributed by atoms with van der Waals surface area (Å²) in [5, 5.41) is 6.82. The van der Waals surface area contributed by atoms with Crippen molar-refractivity contribution in [3.05, 3.63) is 42.2 Å². The van der Waals surface area contributed by atoms with Crippen LogP contribution in [-0.4, -0.2) is 27.8 Å². The van der Waals surface area contributed by atoms with Crippen LogP contribution in [0.5, 0.6) is 0 Å². The predicted octanol–water partition coefficient (Wildman–Crippen LogP) is 2.05. The number of rotatable bonds is 4. The average molecular weight is 243 g/mol. The van der Waals surface area contributed by atoms with Gasteiger partial charge in [0, 0.05) is 11.6 Å². The molecule has 18 heavy (non-hydrogen) atoms. The molecule has 0 saturated carbocycles. The van der Waals surface area contributed by atoms with Gasteiger partial charge in [0.05, 0.1) is 6.61 Å². The van der Waals surface area contributed by atoms with Gasteiger partial charge in [-0.15, -0.1) is 0 Å². The summed E-state index contributed by atoms with van der Waals surface area (Å²) in [7, 11) is 0. The minimum Gasteiger partial charge on any atom is -0.463 e. The second kappa shape index (κ2) is 5.77. The minimum absolute atomic E-state index is 0.356. The summed E-state index contributed by atoms with van der Waals surface area (Å²) >= 11 is 0. The Balaban J connectivity index is 2.09. The van der Waals surface area contributed by atoms with Gasteiger partial charge >= 0.3 is 5.97 Å². The van der Waals surface area contributed by atoms with Crippen LogP contribution in [0.2, 0.25) is 0 Å². The van der Waals surface area contributed by atoms with Crippen molar-refractivity contribution in [2.75, 3.05) is 6.61 Å². The first-order valence-electron chi connectivity index (χ1n) is 5.62. The van der Waals surface area contributed by atoms with Crippen LogP contribution in [-0.2, 0) is 9.53 Å². The van der Waals surface area contributed by atoms with Crippen LogP contribution < -0.4 is 0 Å². The summed E-state index contributed by atoms with van der Waals surface area (Å²) in [5.41, 5.74) is 0.921. The van der Waals surface area contributed by atoms with Crippen molar-refractivity contribution in [1.82, 2.24) is 15.2 Å². The Bertz CT molecular complexity index is 546. The third-order valence-corrected chi connectivity index (χ3v) is 2.20. The molecule has 0 saturated heterocycles. The Labute approximate surface area is 105 Å². The quantitative estimate of drug-likeness (QED) is 0.659. The third-order valence-electron chi connectivity index (χ3n) is 2.20. The molecule has 0 unspecified atom stereocenters. The summed E-state index contributed by atoms with van der Waals surface area (Å²) in [6.07, 6.45) is 2.86. The van der Waals surface area contributed by atoms with Gasteiger partial charge in [0.25, 0.3) is 0 Å². The zero-order valence-corrected chi connectivity index (χ0v) is 9.96. The van der Waals surface area contributed by atoms with E-state index >= 15 is 0 Å². The summed E-state index contributed by atoms with van der Waals surface area (Å²) in [4.78, 5) is 15.4. The molecule has 1 heterocycles. The van der Waals surface area contributed by atoms with Gasteiger partial charge in [0.2, 0.25) is 0 Å². The molecule has 1 aromatic heterocycles. The zero-order chi connectivity index (χ0) is 12.8. The van der Waals surface area contributed by atoms with Crippen molar-refractivity contribution in [3.8, 4) is 11.4 Å². The normalized spacial score (nSPS) is 10.7.